The summed E-state index contributed by atoms with van der Waals surface area (Å²) in [6, 6.07) is 26.1. The maximum Gasteiger partial charge on any atom is 0.243 e. The first-order valence-corrected chi connectivity index (χ1v) is 13.2. The summed E-state index contributed by atoms with van der Waals surface area (Å²) >= 11 is 0. The number of hydrogen-bond acceptors (Lipinski definition) is 2. The molecule has 2 amide bonds. The number of rotatable bonds is 12. The minimum absolute atomic E-state index is 0.00428. The fraction of sp³-hybridized carbons (Fsp3) is 0.375. The zero-order chi connectivity index (χ0) is 25.9. The van der Waals surface area contributed by atoms with Gasteiger partial charge in [-0.05, 0) is 55.4 Å². The quantitative estimate of drug-likeness (QED) is 0.340. The molecule has 4 heteroatoms. The number of aryl methyl sites for hydroxylation is 3. The van der Waals surface area contributed by atoms with Gasteiger partial charge in [0.15, 0.2) is 0 Å². The van der Waals surface area contributed by atoms with E-state index in [2.05, 4.69) is 55.6 Å². The molecule has 190 valence electrons. The van der Waals surface area contributed by atoms with E-state index >= 15 is 0 Å². The van der Waals surface area contributed by atoms with Gasteiger partial charge in [0, 0.05) is 25.4 Å². The van der Waals surface area contributed by atoms with Gasteiger partial charge in [0.05, 0.1) is 0 Å². The van der Waals surface area contributed by atoms with Crippen LogP contribution in [0.3, 0.4) is 0 Å². The minimum Gasteiger partial charge on any atom is -0.352 e. The molecule has 0 spiro atoms. The first-order chi connectivity index (χ1) is 17.4. The zero-order valence-corrected chi connectivity index (χ0v) is 22.2. The third-order valence-corrected chi connectivity index (χ3v) is 6.80. The minimum atomic E-state index is -0.585. The number of amides is 2. The van der Waals surface area contributed by atoms with E-state index in [9.17, 15) is 9.59 Å². The molecule has 0 saturated carbocycles. The van der Waals surface area contributed by atoms with Gasteiger partial charge in [-0.1, -0.05) is 98.3 Å². The Morgan fingerprint density at radius 1 is 0.806 bits per heavy atom. The van der Waals surface area contributed by atoms with E-state index in [1.165, 1.54) is 11.1 Å². The van der Waals surface area contributed by atoms with Crippen molar-refractivity contribution in [1.29, 1.82) is 0 Å². The highest BCUT2D eigenvalue weighted by atomic mass is 16.2. The van der Waals surface area contributed by atoms with E-state index in [1.54, 1.807) is 4.90 Å². The second kappa shape index (κ2) is 13.6. The van der Waals surface area contributed by atoms with Crippen molar-refractivity contribution in [1.82, 2.24) is 10.2 Å². The topological polar surface area (TPSA) is 49.4 Å². The van der Waals surface area contributed by atoms with Crippen LogP contribution in [0, 0.1) is 6.92 Å². The molecule has 3 aromatic carbocycles. The lowest BCUT2D eigenvalue weighted by Crippen LogP contribution is -2.52. The standard InChI is InChI=1S/C32H40N2O2/c1-5-25(4)33-32(36)30(22-28-10-8-7-9-11-28)34(23-29-14-12-24(3)13-15-29)31(35)21-20-27-18-16-26(6-2)17-19-27/h7-19,25,30H,5-6,20-23H2,1-4H3,(H,33,36). The molecule has 0 aliphatic carbocycles. The molecule has 0 aliphatic rings. The Morgan fingerprint density at radius 3 is 2.03 bits per heavy atom. The van der Waals surface area contributed by atoms with Crippen LogP contribution in [0.15, 0.2) is 78.9 Å². The van der Waals surface area contributed by atoms with Crippen LogP contribution < -0.4 is 5.32 Å². The highest BCUT2D eigenvalue weighted by Gasteiger charge is 2.30. The molecule has 36 heavy (non-hydrogen) atoms. The lowest BCUT2D eigenvalue weighted by Gasteiger charge is -2.32. The number of hydrogen-bond donors (Lipinski definition) is 1. The van der Waals surface area contributed by atoms with E-state index in [4.69, 9.17) is 0 Å². The molecule has 2 atom stereocenters. The largest absolute Gasteiger partial charge is 0.352 e. The third-order valence-electron chi connectivity index (χ3n) is 6.80. The number of nitrogens with one attached hydrogen (secondary N) is 1. The van der Waals surface area contributed by atoms with E-state index in [-0.39, 0.29) is 17.9 Å². The van der Waals surface area contributed by atoms with Crippen molar-refractivity contribution >= 4 is 11.8 Å². The molecule has 0 heterocycles. The Hall–Kier alpha value is -3.40. The average Bonchev–Trinajstić information content (AvgIpc) is 2.91. The van der Waals surface area contributed by atoms with Gasteiger partial charge in [0.25, 0.3) is 0 Å². The maximum absolute atomic E-state index is 13.7. The van der Waals surface area contributed by atoms with Crippen molar-refractivity contribution in [3.63, 3.8) is 0 Å². The van der Waals surface area contributed by atoms with Crippen LogP contribution in [0.1, 0.15) is 61.4 Å². The van der Waals surface area contributed by atoms with Gasteiger partial charge in [-0.15, -0.1) is 0 Å². The molecule has 1 N–H and O–H groups in total. The van der Waals surface area contributed by atoms with Crippen molar-refractivity contribution < 1.29 is 9.59 Å². The Balaban J connectivity index is 1.88. The molecule has 0 radical (unpaired) electrons. The van der Waals surface area contributed by atoms with Crippen molar-refractivity contribution in [3.05, 3.63) is 107 Å². The fourth-order valence-corrected chi connectivity index (χ4v) is 4.22. The van der Waals surface area contributed by atoms with Gasteiger partial charge < -0.3 is 10.2 Å². The molecule has 0 aromatic heterocycles. The number of carbonyl (C=O) groups excluding carboxylic acids is 2. The highest BCUT2D eigenvalue weighted by molar-refractivity contribution is 5.88. The number of benzene rings is 3. The van der Waals surface area contributed by atoms with Crippen LogP contribution in [-0.4, -0.2) is 28.8 Å². The lowest BCUT2D eigenvalue weighted by atomic mass is 10.0. The van der Waals surface area contributed by atoms with Gasteiger partial charge in [-0.2, -0.15) is 0 Å². The van der Waals surface area contributed by atoms with Crippen LogP contribution in [0.4, 0.5) is 0 Å². The molecule has 0 fully saturated rings. The predicted octanol–water partition coefficient (Wildman–Crippen LogP) is 6.04. The summed E-state index contributed by atoms with van der Waals surface area (Å²) in [6.07, 6.45) is 3.32. The Bertz CT molecular complexity index is 1090. The molecular formula is C32H40N2O2. The second-order valence-electron chi connectivity index (χ2n) is 9.70. The number of carbonyl (C=O) groups is 2. The molecule has 0 bridgehead atoms. The van der Waals surface area contributed by atoms with Crippen molar-refractivity contribution in [2.45, 2.75) is 78.4 Å². The maximum atomic E-state index is 13.7. The van der Waals surface area contributed by atoms with Crippen LogP contribution >= 0.6 is 0 Å². The molecule has 4 nitrogen and oxygen atoms in total. The van der Waals surface area contributed by atoms with Crippen molar-refractivity contribution in [2.75, 3.05) is 0 Å². The molecular weight excluding hydrogens is 444 g/mol. The normalized spacial score (nSPS) is 12.6. The highest BCUT2D eigenvalue weighted by Crippen LogP contribution is 2.18. The van der Waals surface area contributed by atoms with Gasteiger partial charge in [-0.3, -0.25) is 9.59 Å². The first-order valence-electron chi connectivity index (χ1n) is 13.2. The van der Waals surface area contributed by atoms with E-state index in [0.29, 0.717) is 25.8 Å². The van der Waals surface area contributed by atoms with Crippen LogP contribution in [0.2, 0.25) is 0 Å². The molecule has 0 saturated heterocycles. The summed E-state index contributed by atoms with van der Waals surface area (Å²) in [5, 5.41) is 3.13. The Labute approximate surface area is 216 Å². The van der Waals surface area contributed by atoms with Crippen molar-refractivity contribution in [2.24, 2.45) is 0 Å². The Morgan fingerprint density at radius 2 is 1.42 bits per heavy atom. The predicted molar refractivity (Wildman–Crippen MR) is 148 cm³/mol. The third kappa shape index (κ3) is 8.08. The van der Waals surface area contributed by atoms with Gasteiger partial charge >= 0.3 is 0 Å². The summed E-state index contributed by atoms with van der Waals surface area (Å²) in [7, 11) is 0. The van der Waals surface area contributed by atoms with Crippen LogP contribution in [-0.2, 0) is 35.4 Å². The van der Waals surface area contributed by atoms with Crippen LogP contribution in [0.5, 0.6) is 0 Å². The monoisotopic (exact) mass is 484 g/mol. The second-order valence-corrected chi connectivity index (χ2v) is 9.70. The summed E-state index contributed by atoms with van der Waals surface area (Å²) in [4.78, 5) is 29.1. The smallest absolute Gasteiger partial charge is 0.243 e. The van der Waals surface area contributed by atoms with E-state index < -0.39 is 6.04 Å². The van der Waals surface area contributed by atoms with Gasteiger partial charge in [0.2, 0.25) is 11.8 Å². The number of nitrogens with zero attached hydrogens (tertiary/aromatic N) is 1. The Kier molecular flexibility index (Phi) is 10.3. The van der Waals surface area contributed by atoms with E-state index in [0.717, 1.165) is 29.5 Å². The molecule has 3 rings (SSSR count). The average molecular weight is 485 g/mol. The summed E-state index contributed by atoms with van der Waals surface area (Å²) < 4.78 is 0. The van der Waals surface area contributed by atoms with Gasteiger partial charge in [0.1, 0.15) is 6.04 Å². The molecule has 0 aliphatic heterocycles. The van der Waals surface area contributed by atoms with E-state index in [1.807, 2.05) is 56.3 Å². The SMILES string of the molecule is CCc1ccc(CCC(=O)N(Cc2ccc(C)cc2)C(Cc2ccccc2)C(=O)NC(C)CC)cc1. The van der Waals surface area contributed by atoms with Gasteiger partial charge in [-0.25, -0.2) is 0 Å². The summed E-state index contributed by atoms with van der Waals surface area (Å²) in [5.41, 5.74) is 5.66. The first kappa shape index (κ1) is 27.2. The lowest BCUT2D eigenvalue weighted by molar-refractivity contribution is -0.141. The fourth-order valence-electron chi connectivity index (χ4n) is 4.22. The summed E-state index contributed by atoms with van der Waals surface area (Å²) in [6.45, 7) is 8.65. The molecule has 2 unspecified atom stereocenters. The summed E-state index contributed by atoms with van der Waals surface area (Å²) in [5.74, 6) is -0.101. The van der Waals surface area contributed by atoms with Crippen molar-refractivity contribution in [3.8, 4) is 0 Å². The molecule has 3 aromatic rings. The zero-order valence-electron chi connectivity index (χ0n) is 22.2. The van der Waals surface area contributed by atoms with Crippen LogP contribution in [0.25, 0.3) is 0 Å².